The summed E-state index contributed by atoms with van der Waals surface area (Å²) in [6.07, 6.45) is 7.38. The topological polar surface area (TPSA) is 59.8 Å². The second-order valence-corrected chi connectivity index (χ2v) is 4.81. The summed E-state index contributed by atoms with van der Waals surface area (Å²) < 4.78 is 1.57. The van der Waals surface area contributed by atoms with E-state index in [1.54, 1.807) is 23.3 Å². The monoisotopic (exact) mass is 244 g/mol. The summed E-state index contributed by atoms with van der Waals surface area (Å²) in [5, 5.41) is 9.11. The van der Waals surface area contributed by atoms with E-state index < -0.39 is 0 Å². The smallest absolute Gasteiger partial charge is 0.276 e. The fraction of sp³-hybridized carbons (Fsp3) is 0.462. The summed E-state index contributed by atoms with van der Waals surface area (Å²) >= 11 is 0. The van der Waals surface area contributed by atoms with Crippen molar-refractivity contribution in [3.8, 4) is 0 Å². The standard InChI is InChI=1S/C13H16N4O/c18-13-12-8-15-5-3-11(12)7-16-17(13)9-10-2-1-4-14-6-10/h3,5,7-8,10,14H,1-2,4,6,9H2. The molecule has 0 aromatic carbocycles. The first kappa shape index (κ1) is 11.3. The number of hydrogen-bond acceptors (Lipinski definition) is 4. The lowest BCUT2D eigenvalue weighted by Gasteiger charge is -2.22. The Bertz CT molecular complexity index is 601. The highest BCUT2D eigenvalue weighted by molar-refractivity contribution is 5.79. The molecule has 94 valence electrons. The maximum Gasteiger partial charge on any atom is 0.276 e. The predicted molar refractivity (Wildman–Crippen MR) is 69.4 cm³/mol. The molecule has 1 fully saturated rings. The molecule has 1 unspecified atom stereocenters. The molecule has 0 spiro atoms. The minimum atomic E-state index is -0.0360. The van der Waals surface area contributed by atoms with E-state index in [2.05, 4.69) is 15.4 Å². The number of fused-ring (bicyclic) bond motifs is 1. The van der Waals surface area contributed by atoms with Gasteiger partial charge < -0.3 is 5.32 Å². The third kappa shape index (κ3) is 2.13. The Labute approximate surface area is 105 Å². The predicted octanol–water partition coefficient (Wildman–Crippen LogP) is 0.791. The number of rotatable bonds is 2. The third-order valence-electron chi connectivity index (χ3n) is 3.49. The van der Waals surface area contributed by atoms with Gasteiger partial charge in [0.1, 0.15) is 0 Å². The zero-order valence-electron chi connectivity index (χ0n) is 10.2. The Morgan fingerprint density at radius 1 is 1.44 bits per heavy atom. The normalized spacial score (nSPS) is 20.1. The molecule has 1 saturated heterocycles. The molecule has 3 heterocycles. The summed E-state index contributed by atoms with van der Waals surface area (Å²) in [6, 6.07) is 1.82. The average Bonchev–Trinajstić information content (AvgIpc) is 2.43. The minimum Gasteiger partial charge on any atom is -0.316 e. The average molecular weight is 244 g/mol. The van der Waals surface area contributed by atoms with Crippen molar-refractivity contribution in [1.82, 2.24) is 20.1 Å². The number of nitrogens with one attached hydrogen (secondary N) is 1. The number of nitrogens with zero attached hydrogens (tertiary/aromatic N) is 3. The van der Waals surface area contributed by atoms with Crippen LogP contribution in [0.5, 0.6) is 0 Å². The van der Waals surface area contributed by atoms with Crippen LogP contribution in [0, 0.1) is 5.92 Å². The molecule has 0 aliphatic carbocycles. The van der Waals surface area contributed by atoms with Crippen molar-refractivity contribution in [1.29, 1.82) is 0 Å². The number of piperidine rings is 1. The fourth-order valence-electron chi connectivity index (χ4n) is 2.47. The van der Waals surface area contributed by atoms with Crippen molar-refractivity contribution in [2.75, 3.05) is 13.1 Å². The van der Waals surface area contributed by atoms with Crippen LogP contribution in [-0.4, -0.2) is 27.9 Å². The highest BCUT2D eigenvalue weighted by Crippen LogP contribution is 2.12. The Hall–Kier alpha value is -1.75. The first-order chi connectivity index (χ1) is 8.84. The lowest BCUT2D eigenvalue weighted by atomic mass is 10.00. The molecule has 0 bridgehead atoms. The SMILES string of the molecule is O=c1c2cnccc2cnn1CC1CCCNC1. The van der Waals surface area contributed by atoms with E-state index in [1.165, 1.54) is 6.42 Å². The quantitative estimate of drug-likeness (QED) is 0.848. The summed E-state index contributed by atoms with van der Waals surface area (Å²) in [7, 11) is 0. The van der Waals surface area contributed by atoms with Crippen LogP contribution >= 0.6 is 0 Å². The lowest BCUT2D eigenvalue weighted by Crippen LogP contribution is -2.35. The second-order valence-electron chi connectivity index (χ2n) is 4.81. The van der Waals surface area contributed by atoms with E-state index >= 15 is 0 Å². The lowest BCUT2D eigenvalue weighted by molar-refractivity contribution is 0.320. The first-order valence-electron chi connectivity index (χ1n) is 6.35. The summed E-state index contributed by atoms with van der Waals surface area (Å²) in [4.78, 5) is 16.3. The summed E-state index contributed by atoms with van der Waals surface area (Å²) in [5.41, 5.74) is -0.0360. The molecule has 5 heteroatoms. The van der Waals surface area contributed by atoms with Gasteiger partial charge in [0, 0.05) is 24.3 Å². The Kier molecular flexibility index (Phi) is 3.06. The zero-order valence-corrected chi connectivity index (χ0v) is 10.2. The second kappa shape index (κ2) is 4.86. The maximum absolute atomic E-state index is 12.2. The van der Waals surface area contributed by atoms with Gasteiger partial charge in [-0.3, -0.25) is 9.78 Å². The number of aromatic nitrogens is 3. The molecule has 2 aromatic rings. The molecule has 3 rings (SSSR count). The van der Waals surface area contributed by atoms with Crippen LogP contribution in [0.25, 0.3) is 10.8 Å². The van der Waals surface area contributed by atoms with Crippen LogP contribution in [0.2, 0.25) is 0 Å². The van der Waals surface area contributed by atoms with E-state index in [1.807, 2.05) is 6.07 Å². The Morgan fingerprint density at radius 3 is 3.22 bits per heavy atom. The van der Waals surface area contributed by atoms with E-state index in [0.29, 0.717) is 17.8 Å². The van der Waals surface area contributed by atoms with Crippen molar-refractivity contribution >= 4 is 10.8 Å². The van der Waals surface area contributed by atoms with Gasteiger partial charge in [-0.05, 0) is 37.9 Å². The van der Waals surface area contributed by atoms with Crippen LogP contribution < -0.4 is 10.9 Å². The van der Waals surface area contributed by atoms with Gasteiger partial charge in [-0.25, -0.2) is 4.68 Å². The van der Waals surface area contributed by atoms with E-state index in [9.17, 15) is 4.79 Å². The molecule has 1 aliphatic rings. The highest BCUT2D eigenvalue weighted by atomic mass is 16.1. The summed E-state index contributed by atoms with van der Waals surface area (Å²) in [6.45, 7) is 2.75. The molecule has 1 aliphatic heterocycles. The molecule has 0 radical (unpaired) electrons. The molecule has 1 atom stereocenters. The molecule has 2 aromatic heterocycles. The summed E-state index contributed by atoms with van der Waals surface area (Å²) in [5.74, 6) is 0.498. The van der Waals surface area contributed by atoms with E-state index in [-0.39, 0.29) is 5.56 Å². The van der Waals surface area contributed by atoms with Crippen molar-refractivity contribution < 1.29 is 0 Å². The largest absolute Gasteiger partial charge is 0.316 e. The molecular formula is C13H16N4O. The fourth-order valence-corrected chi connectivity index (χ4v) is 2.47. The molecular weight excluding hydrogens is 228 g/mol. The molecule has 0 saturated carbocycles. The van der Waals surface area contributed by atoms with Crippen LogP contribution in [0.15, 0.2) is 29.5 Å². The van der Waals surface area contributed by atoms with Crippen molar-refractivity contribution in [2.24, 2.45) is 5.92 Å². The van der Waals surface area contributed by atoms with Crippen LogP contribution in [0.4, 0.5) is 0 Å². The van der Waals surface area contributed by atoms with Crippen LogP contribution in [-0.2, 0) is 6.54 Å². The van der Waals surface area contributed by atoms with Gasteiger partial charge >= 0.3 is 0 Å². The van der Waals surface area contributed by atoms with Gasteiger partial charge in [-0.2, -0.15) is 5.10 Å². The van der Waals surface area contributed by atoms with Crippen molar-refractivity contribution in [3.63, 3.8) is 0 Å². The van der Waals surface area contributed by atoms with Gasteiger partial charge in [0.15, 0.2) is 0 Å². The van der Waals surface area contributed by atoms with Crippen molar-refractivity contribution in [2.45, 2.75) is 19.4 Å². The van der Waals surface area contributed by atoms with Crippen LogP contribution in [0.1, 0.15) is 12.8 Å². The highest BCUT2D eigenvalue weighted by Gasteiger charge is 2.15. The van der Waals surface area contributed by atoms with Gasteiger partial charge in [0.2, 0.25) is 0 Å². The molecule has 0 amide bonds. The molecule has 1 N–H and O–H groups in total. The minimum absolute atomic E-state index is 0.0360. The van der Waals surface area contributed by atoms with E-state index in [4.69, 9.17) is 0 Å². The number of pyridine rings is 1. The number of hydrogen-bond donors (Lipinski definition) is 1. The Morgan fingerprint density at radius 2 is 2.39 bits per heavy atom. The maximum atomic E-state index is 12.2. The zero-order chi connectivity index (χ0) is 12.4. The van der Waals surface area contributed by atoms with Gasteiger partial charge in [0.25, 0.3) is 5.56 Å². The van der Waals surface area contributed by atoms with Gasteiger partial charge in [-0.1, -0.05) is 0 Å². The van der Waals surface area contributed by atoms with Crippen molar-refractivity contribution in [3.05, 3.63) is 35.0 Å². The van der Waals surface area contributed by atoms with Crippen LogP contribution in [0.3, 0.4) is 0 Å². The van der Waals surface area contributed by atoms with E-state index in [0.717, 1.165) is 24.9 Å². The first-order valence-corrected chi connectivity index (χ1v) is 6.35. The Balaban J connectivity index is 1.92. The van der Waals surface area contributed by atoms with Gasteiger partial charge in [0.05, 0.1) is 11.6 Å². The third-order valence-corrected chi connectivity index (χ3v) is 3.49. The van der Waals surface area contributed by atoms with Gasteiger partial charge in [-0.15, -0.1) is 0 Å². The molecule has 18 heavy (non-hydrogen) atoms. The molecule has 5 nitrogen and oxygen atoms in total.